The lowest BCUT2D eigenvalue weighted by Gasteiger charge is -2.21. The van der Waals surface area contributed by atoms with Crippen LogP contribution >= 0.6 is 0 Å². The number of rotatable bonds is 0. The highest BCUT2D eigenvalue weighted by molar-refractivity contribution is 5.94. The molecule has 0 bridgehead atoms. The normalized spacial score (nSPS) is 24.6. The first kappa shape index (κ1) is 11.2. The maximum Gasteiger partial charge on any atom is 0.295 e. The third-order valence-electron chi connectivity index (χ3n) is 2.78. The van der Waals surface area contributed by atoms with E-state index in [0.29, 0.717) is 25.3 Å². The number of hydrogen-bond acceptors (Lipinski definition) is 5. The smallest absolute Gasteiger partial charge is 0.295 e. The molecule has 0 aromatic rings. The van der Waals surface area contributed by atoms with Gasteiger partial charge in [-0.1, -0.05) is 20.8 Å². The van der Waals surface area contributed by atoms with Crippen LogP contribution in [0.25, 0.3) is 0 Å². The second-order valence-electron chi connectivity index (χ2n) is 5.18. The fourth-order valence-corrected chi connectivity index (χ4v) is 1.60. The number of amidine groups is 2. The van der Waals surface area contributed by atoms with E-state index >= 15 is 0 Å². The molecule has 0 fully saturated rings. The van der Waals surface area contributed by atoms with Crippen molar-refractivity contribution >= 4 is 12.0 Å². The molecular weight excluding hydrogens is 206 g/mol. The first-order valence-corrected chi connectivity index (χ1v) is 5.60. The summed E-state index contributed by atoms with van der Waals surface area (Å²) >= 11 is 0. The van der Waals surface area contributed by atoms with E-state index in [0.717, 1.165) is 6.54 Å². The van der Waals surface area contributed by atoms with E-state index in [1.807, 2.05) is 7.05 Å². The third-order valence-corrected chi connectivity index (χ3v) is 2.78. The van der Waals surface area contributed by atoms with Crippen LogP contribution in [0, 0.1) is 5.41 Å². The molecule has 0 saturated carbocycles. The van der Waals surface area contributed by atoms with Crippen molar-refractivity contribution in [3.63, 3.8) is 0 Å². The zero-order valence-corrected chi connectivity index (χ0v) is 10.4. The Balaban J connectivity index is 2.06. The fourth-order valence-electron chi connectivity index (χ4n) is 1.60. The van der Waals surface area contributed by atoms with Gasteiger partial charge < -0.3 is 9.47 Å². The first-order chi connectivity index (χ1) is 7.48. The molecule has 1 atom stereocenters. The molecule has 0 amide bonds. The summed E-state index contributed by atoms with van der Waals surface area (Å²) in [5.41, 5.74) is 0.126. The van der Waals surface area contributed by atoms with E-state index in [4.69, 9.17) is 9.47 Å². The van der Waals surface area contributed by atoms with Crippen LogP contribution in [-0.2, 0) is 9.47 Å². The van der Waals surface area contributed by atoms with Crippen LogP contribution in [0.4, 0.5) is 0 Å². The molecule has 2 aliphatic heterocycles. The van der Waals surface area contributed by atoms with Crippen molar-refractivity contribution in [2.75, 3.05) is 26.8 Å². The molecule has 0 saturated heterocycles. The average molecular weight is 225 g/mol. The lowest BCUT2D eigenvalue weighted by atomic mass is 9.88. The van der Waals surface area contributed by atoms with Crippen LogP contribution in [0.5, 0.6) is 0 Å². The van der Waals surface area contributed by atoms with E-state index in [9.17, 15) is 0 Å². The molecule has 0 aliphatic carbocycles. The Morgan fingerprint density at radius 3 is 2.50 bits per heavy atom. The van der Waals surface area contributed by atoms with Crippen LogP contribution < -0.4 is 0 Å². The highest BCUT2D eigenvalue weighted by Gasteiger charge is 2.33. The van der Waals surface area contributed by atoms with Crippen LogP contribution in [0.1, 0.15) is 20.8 Å². The lowest BCUT2D eigenvalue weighted by Crippen LogP contribution is -2.33. The highest BCUT2D eigenvalue weighted by atomic mass is 16.5. The quantitative estimate of drug-likeness (QED) is 0.620. The molecule has 0 N–H and O–H groups in total. The van der Waals surface area contributed by atoms with Gasteiger partial charge in [0.1, 0.15) is 13.2 Å². The SMILES string of the molecule is CN(C1=NCCO1)C1=N[C@@H](C(C)(C)C)CO1. The van der Waals surface area contributed by atoms with Gasteiger partial charge in [-0.3, -0.25) is 4.90 Å². The zero-order valence-electron chi connectivity index (χ0n) is 10.4. The van der Waals surface area contributed by atoms with Crippen LogP contribution in [0.3, 0.4) is 0 Å². The van der Waals surface area contributed by atoms with Gasteiger partial charge in [0, 0.05) is 7.05 Å². The number of aliphatic imine (C=N–C) groups is 2. The molecule has 0 aromatic heterocycles. The van der Waals surface area contributed by atoms with Gasteiger partial charge in [-0.15, -0.1) is 0 Å². The highest BCUT2D eigenvalue weighted by Crippen LogP contribution is 2.26. The van der Waals surface area contributed by atoms with Gasteiger partial charge in [0.05, 0.1) is 12.6 Å². The van der Waals surface area contributed by atoms with Crippen LogP contribution in [0.15, 0.2) is 9.98 Å². The van der Waals surface area contributed by atoms with E-state index in [1.165, 1.54) is 0 Å². The van der Waals surface area contributed by atoms with E-state index in [2.05, 4.69) is 30.8 Å². The summed E-state index contributed by atoms with van der Waals surface area (Å²) in [6, 6.07) is 1.42. The van der Waals surface area contributed by atoms with E-state index in [-0.39, 0.29) is 11.5 Å². The maximum atomic E-state index is 5.58. The minimum atomic E-state index is 0.126. The zero-order chi connectivity index (χ0) is 11.8. The van der Waals surface area contributed by atoms with Crippen molar-refractivity contribution in [3.05, 3.63) is 0 Å². The fraction of sp³-hybridized carbons (Fsp3) is 0.818. The summed E-state index contributed by atoms with van der Waals surface area (Å²) in [5, 5.41) is 0. The van der Waals surface area contributed by atoms with Crippen LogP contribution in [-0.4, -0.2) is 49.8 Å². The molecule has 2 rings (SSSR count). The maximum absolute atomic E-state index is 5.58. The Bertz CT molecular complexity index is 331. The Kier molecular flexibility index (Phi) is 2.78. The average Bonchev–Trinajstić information content (AvgIpc) is 2.87. The topological polar surface area (TPSA) is 46.4 Å². The number of hydrogen-bond donors (Lipinski definition) is 0. The molecule has 0 spiro atoms. The summed E-state index contributed by atoms with van der Waals surface area (Å²) in [7, 11) is 1.87. The second kappa shape index (κ2) is 3.96. The Labute approximate surface area is 96.2 Å². The monoisotopic (exact) mass is 225 g/mol. The standard InChI is InChI=1S/C11H19N3O2/c1-11(2,3)8-7-16-10(13-8)14(4)9-12-5-6-15-9/h8H,5-7H2,1-4H3/t8-/m1/s1. The van der Waals surface area contributed by atoms with Gasteiger partial charge in [-0.25, -0.2) is 9.98 Å². The molecular formula is C11H19N3O2. The summed E-state index contributed by atoms with van der Waals surface area (Å²) in [4.78, 5) is 10.6. The molecule has 0 aromatic carbocycles. The predicted molar refractivity (Wildman–Crippen MR) is 62.6 cm³/mol. The summed E-state index contributed by atoms with van der Waals surface area (Å²) < 4.78 is 10.9. The molecule has 16 heavy (non-hydrogen) atoms. The molecule has 2 heterocycles. The third kappa shape index (κ3) is 2.13. The first-order valence-electron chi connectivity index (χ1n) is 5.60. The Morgan fingerprint density at radius 1 is 1.25 bits per heavy atom. The molecule has 0 unspecified atom stereocenters. The number of nitrogens with zero attached hydrogens (tertiary/aromatic N) is 3. The van der Waals surface area contributed by atoms with Crippen molar-refractivity contribution in [3.8, 4) is 0 Å². The summed E-state index contributed by atoms with van der Waals surface area (Å²) in [6.45, 7) is 8.49. The van der Waals surface area contributed by atoms with Crippen molar-refractivity contribution in [1.29, 1.82) is 0 Å². The van der Waals surface area contributed by atoms with Gasteiger partial charge in [0.25, 0.3) is 12.0 Å². The second-order valence-corrected chi connectivity index (χ2v) is 5.18. The van der Waals surface area contributed by atoms with Gasteiger partial charge in [0.2, 0.25) is 0 Å². The van der Waals surface area contributed by atoms with Gasteiger partial charge >= 0.3 is 0 Å². The van der Waals surface area contributed by atoms with Crippen molar-refractivity contribution in [1.82, 2.24) is 4.90 Å². The van der Waals surface area contributed by atoms with E-state index in [1.54, 1.807) is 4.90 Å². The minimum Gasteiger partial charge on any atom is -0.463 e. The Hall–Kier alpha value is -1.26. The van der Waals surface area contributed by atoms with E-state index < -0.39 is 0 Å². The van der Waals surface area contributed by atoms with Gasteiger partial charge in [0.15, 0.2) is 0 Å². The van der Waals surface area contributed by atoms with Crippen molar-refractivity contribution < 1.29 is 9.47 Å². The molecule has 5 heteroatoms. The van der Waals surface area contributed by atoms with Crippen molar-refractivity contribution in [2.24, 2.45) is 15.4 Å². The van der Waals surface area contributed by atoms with Gasteiger partial charge in [-0.05, 0) is 5.41 Å². The Morgan fingerprint density at radius 2 is 2.00 bits per heavy atom. The lowest BCUT2D eigenvalue weighted by molar-refractivity contribution is 0.219. The predicted octanol–water partition coefficient (Wildman–Crippen LogP) is 1.11. The molecule has 5 nitrogen and oxygen atoms in total. The molecule has 90 valence electrons. The largest absolute Gasteiger partial charge is 0.463 e. The minimum absolute atomic E-state index is 0.126. The number of ether oxygens (including phenoxy) is 2. The molecule has 0 radical (unpaired) electrons. The van der Waals surface area contributed by atoms with Gasteiger partial charge in [-0.2, -0.15) is 0 Å². The molecule has 2 aliphatic rings. The summed E-state index contributed by atoms with van der Waals surface area (Å²) in [6.07, 6.45) is 0. The van der Waals surface area contributed by atoms with Crippen LogP contribution in [0.2, 0.25) is 0 Å². The van der Waals surface area contributed by atoms with Crippen molar-refractivity contribution in [2.45, 2.75) is 26.8 Å². The summed E-state index contributed by atoms with van der Waals surface area (Å²) in [5.74, 6) is 0.